The molecule has 0 amide bonds. The van der Waals surface area contributed by atoms with Crippen molar-refractivity contribution in [2.24, 2.45) is 5.41 Å². The van der Waals surface area contributed by atoms with Crippen LogP contribution in [-0.2, 0) is 14.3 Å². The van der Waals surface area contributed by atoms with E-state index < -0.39 is 6.10 Å². The quantitative estimate of drug-likeness (QED) is 0.416. The van der Waals surface area contributed by atoms with Crippen LogP contribution in [0.15, 0.2) is 24.8 Å². The predicted octanol–water partition coefficient (Wildman–Crippen LogP) is 1.45. The number of aliphatic hydroxyl groups is 1. The number of aliphatic hydroxyl groups excluding tert-OH is 1. The number of ketones is 1. The van der Waals surface area contributed by atoms with Gasteiger partial charge in [0.2, 0.25) is 0 Å². The second kappa shape index (κ2) is 6.69. The Hall–Kier alpha value is -0.970. The summed E-state index contributed by atoms with van der Waals surface area (Å²) in [4.78, 5) is 11.2. The van der Waals surface area contributed by atoms with E-state index in [9.17, 15) is 9.90 Å². The number of hydrogen-bond acceptors (Lipinski definition) is 4. The first kappa shape index (κ1) is 14.1. The van der Waals surface area contributed by atoms with E-state index in [-0.39, 0.29) is 18.0 Å². The molecule has 0 spiro atoms. The molecule has 0 saturated carbocycles. The number of carbonyl (C=O) groups is 1. The number of allylic oxidation sites excluding steroid dienone is 2. The van der Waals surface area contributed by atoms with Crippen LogP contribution in [0, 0.1) is 5.41 Å². The molecule has 0 radical (unpaired) electrons. The van der Waals surface area contributed by atoms with Crippen molar-refractivity contribution in [3.8, 4) is 0 Å². The average Bonchev–Trinajstić information content (AvgIpc) is 2.31. The molecule has 96 valence electrons. The Labute approximate surface area is 102 Å². The van der Waals surface area contributed by atoms with Crippen molar-refractivity contribution in [2.45, 2.75) is 25.4 Å². The summed E-state index contributed by atoms with van der Waals surface area (Å²) in [6, 6.07) is 0. The molecule has 1 rings (SSSR count). The van der Waals surface area contributed by atoms with Gasteiger partial charge in [0.05, 0.1) is 6.61 Å². The molecular formula is C13H20O4. The van der Waals surface area contributed by atoms with Crippen molar-refractivity contribution in [1.82, 2.24) is 0 Å². The number of hydrogen-bond donors (Lipinski definition) is 1. The van der Waals surface area contributed by atoms with E-state index in [1.807, 2.05) is 12.2 Å². The minimum Gasteiger partial charge on any atom is -0.385 e. The predicted molar refractivity (Wildman–Crippen MR) is 64.5 cm³/mol. The fraction of sp³-hybridized carbons (Fsp3) is 0.615. The summed E-state index contributed by atoms with van der Waals surface area (Å²) >= 11 is 0. The molecule has 0 aromatic heterocycles. The van der Waals surface area contributed by atoms with Crippen LogP contribution in [-0.4, -0.2) is 37.5 Å². The highest BCUT2D eigenvalue weighted by Crippen LogP contribution is 2.37. The fourth-order valence-corrected chi connectivity index (χ4v) is 2.07. The second-order valence-electron chi connectivity index (χ2n) is 4.38. The summed E-state index contributed by atoms with van der Waals surface area (Å²) in [5, 5.41) is 9.64. The minimum atomic E-state index is -0.901. The van der Waals surface area contributed by atoms with Gasteiger partial charge < -0.3 is 14.6 Å². The highest BCUT2D eigenvalue weighted by Gasteiger charge is 2.34. The fourth-order valence-electron chi connectivity index (χ4n) is 2.07. The first-order valence-corrected chi connectivity index (χ1v) is 5.72. The lowest BCUT2D eigenvalue weighted by Gasteiger charge is -2.34. The van der Waals surface area contributed by atoms with Crippen molar-refractivity contribution in [3.05, 3.63) is 24.8 Å². The van der Waals surface area contributed by atoms with E-state index in [2.05, 4.69) is 6.58 Å². The minimum absolute atomic E-state index is 0.219. The van der Waals surface area contributed by atoms with Gasteiger partial charge in [-0.2, -0.15) is 0 Å². The van der Waals surface area contributed by atoms with Crippen molar-refractivity contribution in [3.63, 3.8) is 0 Å². The standard InChI is InChI=1S/C13H20O4/c1-3-5-13(7-8-17-10-16-2)6-4-11(14)12(15)9-13/h3-4,6,12,15H,1,5,7-10H2,2H3. The van der Waals surface area contributed by atoms with Gasteiger partial charge in [-0.25, -0.2) is 0 Å². The normalized spacial score (nSPS) is 28.4. The van der Waals surface area contributed by atoms with E-state index in [4.69, 9.17) is 9.47 Å². The highest BCUT2D eigenvalue weighted by atomic mass is 16.7. The number of rotatable bonds is 7. The first-order valence-electron chi connectivity index (χ1n) is 5.72. The molecule has 0 aromatic carbocycles. The molecule has 0 saturated heterocycles. The van der Waals surface area contributed by atoms with E-state index in [1.54, 1.807) is 7.11 Å². The Bertz CT molecular complexity index is 298. The van der Waals surface area contributed by atoms with Gasteiger partial charge in [-0.1, -0.05) is 12.2 Å². The van der Waals surface area contributed by atoms with Crippen LogP contribution in [0.3, 0.4) is 0 Å². The maximum Gasteiger partial charge on any atom is 0.183 e. The van der Waals surface area contributed by atoms with Crippen molar-refractivity contribution >= 4 is 5.78 Å². The molecule has 1 N–H and O–H groups in total. The van der Waals surface area contributed by atoms with Crippen molar-refractivity contribution in [1.29, 1.82) is 0 Å². The van der Waals surface area contributed by atoms with Gasteiger partial charge >= 0.3 is 0 Å². The van der Waals surface area contributed by atoms with E-state index in [1.165, 1.54) is 6.08 Å². The van der Waals surface area contributed by atoms with E-state index >= 15 is 0 Å². The zero-order valence-electron chi connectivity index (χ0n) is 10.2. The summed E-state index contributed by atoms with van der Waals surface area (Å²) in [6.07, 6.45) is 6.15. The summed E-state index contributed by atoms with van der Waals surface area (Å²) in [5.41, 5.74) is -0.219. The smallest absolute Gasteiger partial charge is 0.183 e. The zero-order valence-corrected chi connectivity index (χ0v) is 10.2. The maximum atomic E-state index is 11.2. The molecular weight excluding hydrogens is 220 g/mol. The van der Waals surface area contributed by atoms with Crippen LogP contribution < -0.4 is 0 Å². The Morgan fingerprint density at radius 1 is 1.71 bits per heavy atom. The monoisotopic (exact) mass is 240 g/mol. The number of methoxy groups -OCH3 is 1. The Morgan fingerprint density at radius 2 is 2.47 bits per heavy atom. The molecule has 2 atom stereocenters. The molecule has 0 heterocycles. The third kappa shape index (κ3) is 4.07. The molecule has 17 heavy (non-hydrogen) atoms. The van der Waals surface area contributed by atoms with Gasteiger partial charge in [0.25, 0.3) is 0 Å². The molecule has 0 aliphatic heterocycles. The van der Waals surface area contributed by atoms with Crippen molar-refractivity contribution in [2.75, 3.05) is 20.5 Å². The van der Waals surface area contributed by atoms with Gasteiger partial charge in [-0.3, -0.25) is 4.79 Å². The second-order valence-corrected chi connectivity index (χ2v) is 4.38. The largest absolute Gasteiger partial charge is 0.385 e. The zero-order chi connectivity index (χ0) is 12.7. The lowest BCUT2D eigenvalue weighted by molar-refractivity contribution is -0.125. The van der Waals surface area contributed by atoms with Crippen molar-refractivity contribution < 1.29 is 19.4 Å². The van der Waals surface area contributed by atoms with Gasteiger partial charge in [-0.15, -0.1) is 6.58 Å². The topological polar surface area (TPSA) is 55.8 Å². The van der Waals surface area contributed by atoms with Gasteiger partial charge in [-0.05, 0) is 30.8 Å². The summed E-state index contributed by atoms with van der Waals surface area (Å²) < 4.78 is 10.1. The van der Waals surface area contributed by atoms with Gasteiger partial charge in [0.1, 0.15) is 12.9 Å². The van der Waals surface area contributed by atoms with Crippen LogP contribution >= 0.6 is 0 Å². The maximum absolute atomic E-state index is 11.2. The lowest BCUT2D eigenvalue weighted by Crippen LogP contribution is -2.34. The summed E-state index contributed by atoms with van der Waals surface area (Å²) in [7, 11) is 1.57. The van der Waals surface area contributed by atoms with Crippen LogP contribution in [0.5, 0.6) is 0 Å². The molecule has 0 fully saturated rings. The van der Waals surface area contributed by atoms with Crippen LogP contribution in [0.2, 0.25) is 0 Å². The Kier molecular flexibility index (Phi) is 5.55. The molecule has 0 aromatic rings. The summed E-state index contributed by atoms with van der Waals surface area (Å²) in [6.45, 7) is 4.52. The third-order valence-corrected chi connectivity index (χ3v) is 3.03. The Balaban J connectivity index is 2.59. The molecule has 1 aliphatic carbocycles. The molecule has 0 bridgehead atoms. The third-order valence-electron chi connectivity index (χ3n) is 3.03. The first-order chi connectivity index (χ1) is 8.13. The van der Waals surface area contributed by atoms with E-state index in [0.717, 1.165) is 12.8 Å². The van der Waals surface area contributed by atoms with Crippen LogP contribution in [0.1, 0.15) is 19.3 Å². The summed E-state index contributed by atoms with van der Waals surface area (Å²) in [5.74, 6) is -0.220. The Morgan fingerprint density at radius 3 is 3.06 bits per heavy atom. The SMILES string of the molecule is C=CCC1(CCOCOC)C=CC(=O)C(O)C1. The molecule has 4 heteroatoms. The van der Waals surface area contributed by atoms with Crippen LogP contribution in [0.4, 0.5) is 0 Å². The molecule has 4 nitrogen and oxygen atoms in total. The molecule has 1 aliphatic rings. The number of ether oxygens (including phenoxy) is 2. The van der Waals surface area contributed by atoms with E-state index in [0.29, 0.717) is 13.0 Å². The molecule has 2 unspecified atom stereocenters. The number of carbonyl (C=O) groups excluding carboxylic acids is 1. The average molecular weight is 240 g/mol. The van der Waals surface area contributed by atoms with Gasteiger partial charge in [0, 0.05) is 7.11 Å². The van der Waals surface area contributed by atoms with Crippen LogP contribution in [0.25, 0.3) is 0 Å². The van der Waals surface area contributed by atoms with Gasteiger partial charge in [0.15, 0.2) is 5.78 Å². The lowest BCUT2D eigenvalue weighted by atomic mass is 9.73. The highest BCUT2D eigenvalue weighted by molar-refractivity contribution is 5.94.